The summed E-state index contributed by atoms with van der Waals surface area (Å²) in [5, 5.41) is 8.00. The molecule has 0 radical (unpaired) electrons. The topological polar surface area (TPSA) is 68.2 Å². The molecule has 0 saturated heterocycles. The SMILES string of the molecule is C=C(C)c1ccc(Oc2nccc3c2C(=O)N(Cc2ccc(-c4cnnc(C)c4)cc2)C3)c(F)c1. The van der Waals surface area contributed by atoms with E-state index < -0.39 is 5.82 Å². The van der Waals surface area contributed by atoms with Crippen molar-refractivity contribution in [2.24, 2.45) is 0 Å². The molecule has 2 aromatic carbocycles. The Labute approximate surface area is 202 Å². The summed E-state index contributed by atoms with van der Waals surface area (Å²) in [5.74, 6) is -0.613. The number of rotatable bonds is 6. The van der Waals surface area contributed by atoms with Gasteiger partial charge in [-0.05, 0) is 60.4 Å². The van der Waals surface area contributed by atoms with Crippen molar-refractivity contribution >= 4 is 11.5 Å². The van der Waals surface area contributed by atoms with Crippen molar-refractivity contribution in [1.29, 1.82) is 0 Å². The number of benzene rings is 2. The molecule has 0 bridgehead atoms. The normalized spacial score (nSPS) is 12.5. The number of carbonyl (C=O) groups excluding carboxylic acids is 1. The van der Waals surface area contributed by atoms with E-state index in [1.54, 1.807) is 36.4 Å². The molecule has 0 saturated carbocycles. The molecule has 7 heteroatoms. The predicted molar refractivity (Wildman–Crippen MR) is 131 cm³/mol. The van der Waals surface area contributed by atoms with E-state index in [1.807, 2.05) is 37.3 Å². The number of ether oxygens (including phenoxy) is 1. The average Bonchev–Trinajstić information content (AvgIpc) is 3.16. The van der Waals surface area contributed by atoms with Crippen LogP contribution in [0, 0.1) is 12.7 Å². The summed E-state index contributed by atoms with van der Waals surface area (Å²) in [6.45, 7) is 8.40. The molecule has 2 aromatic heterocycles. The third-order valence-electron chi connectivity index (χ3n) is 5.93. The molecule has 35 heavy (non-hydrogen) atoms. The molecule has 1 aliphatic heterocycles. The molecule has 6 nitrogen and oxygen atoms in total. The zero-order chi connectivity index (χ0) is 24.5. The van der Waals surface area contributed by atoms with Gasteiger partial charge >= 0.3 is 0 Å². The third-order valence-corrected chi connectivity index (χ3v) is 5.93. The standard InChI is InChI=1S/C28H23FN4O2/c1-17(2)21-8-9-25(24(29)13-21)35-27-26-22(10-11-30-27)16-33(28(26)34)15-19-4-6-20(7-5-19)23-12-18(3)32-31-14-23/h4-14H,1,15-16H2,2-3H3. The van der Waals surface area contributed by atoms with E-state index in [1.165, 1.54) is 12.1 Å². The number of halogens is 1. The molecule has 0 N–H and O–H groups in total. The molecule has 0 unspecified atom stereocenters. The monoisotopic (exact) mass is 466 g/mol. The van der Waals surface area contributed by atoms with Gasteiger partial charge in [-0.15, -0.1) is 0 Å². The van der Waals surface area contributed by atoms with Crippen molar-refractivity contribution in [3.8, 4) is 22.8 Å². The van der Waals surface area contributed by atoms with Crippen LogP contribution >= 0.6 is 0 Å². The number of nitrogens with zero attached hydrogens (tertiary/aromatic N) is 4. The molecule has 174 valence electrons. The van der Waals surface area contributed by atoms with Crippen molar-refractivity contribution < 1.29 is 13.9 Å². The Bertz CT molecular complexity index is 1450. The Morgan fingerprint density at radius 1 is 1.11 bits per heavy atom. The minimum atomic E-state index is -0.535. The van der Waals surface area contributed by atoms with E-state index in [-0.39, 0.29) is 17.5 Å². The quantitative estimate of drug-likeness (QED) is 0.350. The van der Waals surface area contributed by atoms with Crippen molar-refractivity contribution in [1.82, 2.24) is 20.1 Å². The fourth-order valence-corrected chi connectivity index (χ4v) is 4.09. The molecule has 4 aromatic rings. The number of aryl methyl sites for hydroxylation is 1. The summed E-state index contributed by atoms with van der Waals surface area (Å²) < 4.78 is 20.3. The van der Waals surface area contributed by atoms with Crippen LogP contribution < -0.4 is 4.74 Å². The molecule has 0 fully saturated rings. The second kappa shape index (κ2) is 9.10. The Morgan fingerprint density at radius 3 is 2.63 bits per heavy atom. The molecular weight excluding hydrogens is 443 g/mol. The first-order valence-electron chi connectivity index (χ1n) is 11.2. The maximum atomic E-state index is 14.6. The highest BCUT2D eigenvalue weighted by atomic mass is 19.1. The average molecular weight is 467 g/mol. The summed E-state index contributed by atoms with van der Waals surface area (Å²) in [7, 11) is 0. The number of amides is 1. The van der Waals surface area contributed by atoms with Gasteiger partial charge in [0.2, 0.25) is 5.88 Å². The third kappa shape index (κ3) is 4.53. The van der Waals surface area contributed by atoms with E-state index in [0.29, 0.717) is 24.2 Å². The van der Waals surface area contributed by atoms with Gasteiger partial charge in [-0.1, -0.05) is 42.5 Å². The van der Waals surface area contributed by atoms with E-state index >= 15 is 0 Å². The van der Waals surface area contributed by atoms with Crippen LogP contribution in [0.5, 0.6) is 11.6 Å². The fourth-order valence-electron chi connectivity index (χ4n) is 4.09. The summed E-state index contributed by atoms with van der Waals surface area (Å²) >= 11 is 0. The molecule has 0 spiro atoms. The smallest absolute Gasteiger partial charge is 0.260 e. The zero-order valence-electron chi connectivity index (χ0n) is 19.5. The molecular formula is C28H23FN4O2. The van der Waals surface area contributed by atoms with E-state index in [9.17, 15) is 9.18 Å². The van der Waals surface area contributed by atoms with Crippen LogP contribution in [-0.2, 0) is 13.1 Å². The molecule has 3 heterocycles. The molecule has 0 aliphatic carbocycles. The first-order valence-corrected chi connectivity index (χ1v) is 11.2. The van der Waals surface area contributed by atoms with Crippen molar-refractivity contribution in [3.63, 3.8) is 0 Å². The molecule has 0 atom stereocenters. The van der Waals surface area contributed by atoms with Gasteiger partial charge in [0.15, 0.2) is 11.6 Å². The van der Waals surface area contributed by atoms with E-state index in [0.717, 1.165) is 33.5 Å². The summed E-state index contributed by atoms with van der Waals surface area (Å²) in [5.41, 5.74) is 6.47. The molecule has 5 rings (SSSR count). The lowest BCUT2D eigenvalue weighted by Crippen LogP contribution is -2.23. The fraction of sp³-hybridized carbons (Fsp3) is 0.143. The Balaban J connectivity index is 1.34. The van der Waals surface area contributed by atoms with Gasteiger partial charge in [0.05, 0.1) is 11.9 Å². The second-order valence-electron chi connectivity index (χ2n) is 8.62. The highest BCUT2D eigenvalue weighted by Gasteiger charge is 2.32. The molecule has 1 aliphatic rings. The van der Waals surface area contributed by atoms with Crippen molar-refractivity contribution in [2.45, 2.75) is 26.9 Å². The van der Waals surface area contributed by atoms with Crippen molar-refractivity contribution in [2.75, 3.05) is 0 Å². The Morgan fingerprint density at radius 2 is 1.91 bits per heavy atom. The first kappa shape index (κ1) is 22.4. The number of pyridine rings is 1. The summed E-state index contributed by atoms with van der Waals surface area (Å²) in [4.78, 5) is 19.2. The number of allylic oxidation sites excluding steroid dienone is 1. The van der Waals surface area contributed by atoms with Gasteiger partial charge in [-0.2, -0.15) is 10.2 Å². The van der Waals surface area contributed by atoms with Crippen molar-refractivity contribution in [3.05, 3.63) is 107 Å². The van der Waals surface area contributed by atoms with Gasteiger partial charge in [-0.25, -0.2) is 9.37 Å². The number of aromatic nitrogens is 3. The van der Waals surface area contributed by atoms with Crippen LogP contribution in [0.25, 0.3) is 16.7 Å². The lowest BCUT2D eigenvalue weighted by molar-refractivity contribution is 0.0764. The Hall–Kier alpha value is -4.39. The van der Waals surface area contributed by atoms with Crippen LogP contribution in [0.4, 0.5) is 4.39 Å². The maximum absolute atomic E-state index is 14.6. The lowest BCUT2D eigenvalue weighted by Gasteiger charge is -2.16. The number of fused-ring (bicyclic) bond motifs is 1. The van der Waals surface area contributed by atoms with Gasteiger partial charge in [-0.3, -0.25) is 4.79 Å². The van der Waals surface area contributed by atoms with Crippen LogP contribution in [0.1, 0.15) is 39.7 Å². The molecule has 1 amide bonds. The first-order chi connectivity index (χ1) is 16.9. The predicted octanol–water partition coefficient (Wildman–Crippen LogP) is 5.97. The van der Waals surface area contributed by atoms with Gasteiger partial charge in [0.1, 0.15) is 5.56 Å². The summed E-state index contributed by atoms with van der Waals surface area (Å²) in [6, 6.07) is 16.4. The van der Waals surface area contributed by atoms with E-state index in [2.05, 4.69) is 21.8 Å². The number of hydrogen-bond acceptors (Lipinski definition) is 5. The minimum Gasteiger partial charge on any atom is -0.435 e. The number of hydrogen-bond donors (Lipinski definition) is 0. The lowest BCUT2D eigenvalue weighted by atomic mass is 10.1. The Kier molecular flexibility index (Phi) is 5.82. The minimum absolute atomic E-state index is 0.0126. The van der Waals surface area contributed by atoms with Gasteiger partial charge in [0.25, 0.3) is 5.91 Å². The van der Waals surface area contributed by atoms with Gasteiger partial charge < -0.3 is 9.64 Å². The van der Waals surface area contributed by atoms with E-state index in [4.69, 9.17) is 4.74 Å². The summed E-state index contributed by atoms with van der Waals surface area (Å²) in [6.07, 6.45) is 3.30. The van der Waals surface area contributed by atoms with Crippen LogP contribution in [0.15, 0.2) is 73.6 Å². The number of carbonyl (C=O) groups is 1. The zero-order valence-corrected chi connectivity index (χ0v) is 19.5. The highest BCUT2D eigenvalue weighted by Crippen LogP contribution is 2.34. The maximum Gasteiger partial charge on any atom is 0.260 e. The second-order valence-corrected chi connectivity index (χ2v) is 8.62. The highest BCUT2D eigenvalue weighted by molar-refractivity contribution is 6.00. The van der Waals surface area contributed by atoms with Gasteiger partial charge in [0, 0.05) is 24.8 Å². The largest absolute Gasteiger partial charge is 0.435 e. The van der Waals surface area contributed by atoms with Crippen LogP contribution in [0.2, 0.25) is 0 Å². The van der Waals surface area contributed by atoms with Crippen LogP contribution in [0.3, 0.4) is 0 Å². The van der Waals surface area contributed by atoms with Crippen LogP contribution in [-0.4, -0.2) is 26.0 Å².